The van der Waals surface area contributed by atoms with Gasteiger partial charge in [0.1, 0.15) is 11.4 Å². The van der Waals surface area contributed by atoms with E-state index in [0.29, 0.717) is 42.5 Å². The Labute approximate surface area is 180 Å². The van der Waals surface area contributed by atoms with Crippen LogP contribution in [0.1, 0.15) is 26.2 Å². The predicted octanol–water partition coefficient (Wildman–Crippen LogP) is 2.11. The molecular weight excluding hydrogens is 392 g/mol. The molecule has 0 amide bonds. The molecule has 8 nitrogen and oxygen atoms in total. The first-order chi connectivity index (χ1) is 15.0. The zero-order valence-corrected chi connectivity index (χ0v) is 17.7. The molecule has 0 aliphatic carbocycles. The first-order valence-electron chi connectivity index (χ1n) is 10.9. The Morgan fingerprint density at radius 1 is 1.23 bits per heavy atom. The van der Waals surface area contributed by atoms with Gasteiger partial charge in [0.05, 0.1) is 16.8 Å². The van der Waals surface area contributed by atoms with Crippen LogP contribution in [-0.4, -0.2) is 57.9 Å². The van der Waals surface area contributed by atoms with Gasteiger partial charge in [-0.25, -0.2) is 4.98 Å². The number of nitrogens with one attached hydrogen (secondary N) is 3. The average Bonchev–Trinajstić information content (AvgIpc) is 3.14. The monoisotopic (exact) mass is 420 g/mol. The van der Waals surface area contributed by atoms with Crippen molar-refractivity contribution in [1.29, 1.82) is 0 Å². The minimum absolute atomic E-state index is 0.191. The summed E-state index contributed by atoms with van der Waals surface area (Å²) in [5, 5.41) is 18.3. The minimum atomic E-state index is -0.780. The van der Waals surface area contributed by atoms with Crippen LogP contribution < -0.4 is 21.1 Å². The van der Waals surface area contributed by atoms with Crippen LogP contribution in [0.4, 0.5) is 11.8 Å². The Balaban J connectivity index is 1.58. The molecule has 162 valence electrons. The maximum atomic E-state index is 13.3. The van der Waals surface area contributed by atoms with E-state index in [0.717, 1.165) is 36.8 Å². The van der Waals surface area contributed by atoms with Crippen LogP contribution in [0.3, 0.4) is 0 Å². The molecule has 31 heavy (non-hydrogen) atoms. The molecule has 1 aromatic carbocycles. The van der Waals surface area contributed by atoms with E-state index >= 15 is 0 Å². The van der Waals surface area contributed by atoms with Crippen molar-refractivity contribution in [1.82, 2.24) is 20.3 Å². The van der Waals surface area contributed by atoms with Crippen molar-refractivity contribution in [3.05, 3.63) is 46.8 Å². The lowest BCUT2D eigenvalue weighted by Gasteiger charge is -2.26. The molecule has 0 saturated carbocycles. The van der Waals surface area contributed by atoms with Gasteiger partial charge in [-0.15, -0.1) is 0 Å². The molecule has 4 N–H and O–H groups in total. The fourth-order valence-electron chi connectivity index (χ4n) is 4.45. The van der Waals surface area contributed by atoms with E-state index in [9.17, 15) is 9.90 Å². The number of aliphatic hydroxyl groups is 1. The lowest BCUT2D eigenvalue weighted by molar-refractivity contribution is 0.0838. The minimum Gasteiger partial charge on any atom is -0.388 e. The fraction of sp³-hybridized carbons (Fsp3) is 0.435. The number of fused-ring (bicyclic) bond motifs is 1. The van der Waals surface area contributed by atoms with Gasteiger partial charge >= 0.3 is 0 Å². The lowest BCUT2D eigenvalue weighted by atomic mass is 10.1. The quantitative estimate of drug-likeness (QED) is 0.512. The molecular formula is C23H28N6O2. The van der Waals surface area contributed by atoms with Gasteiger partial charge in [-0.1, -0.05) is 24.3 Å². The lowest BCUT2D eigenvalue weighted by Crippen LogP contribution is -2.39. The largest absolute Gasteiger partial charge is 0.388 e. The number of piperidine rings is 1. The SMILES string of the molecule is CC1(O)CCN(c2nc(N[C@@H]3CCCNC3)c(-c3ccc4ccccc4n3)c(=O)[nH]2)C1. The van der Waals surface area contributed by atoms with Crippen molar-refractivity contribution < 1.29 is 5.11 Å². The van der Waals surface area contributed by atoms with Gasteiger partial charge in [-0.05, 0) is 44.9 Å². The topological polar surface area (TPSA) is 106 Å². The molecule has 0 bridgehead atoms. The third-order valence-corrected chi connectivity index (χ3v) is 6.15. The summed E-state index contributed by atoms with van der Waals surface area (Å²) >= 11 is 0. The first-order valence-corrected chi connectivity index (χ1v) is 10.9. The summed E-state index contributed by atoms with van der Waals surface area (Å²) in [7, 11) is 0. The van der Waals surface area contributed by atoms with E-state index in [4.69, 9.17) is 9.97 Å². The maximum absolute atomic E-state index is 13.3. The Bertz CT molecular complexity index is 1150. The van der Waals surface area contributed by atoms with E-state index in [1.54, 1.807) is 0 Å². The average molecular weight is 421 g/mol. The number of aromatic nitrogens is 3. The van der Waals surface area contributed by atoms with Crippen molar-refractivity contribution in [2.75, 3.05) is 36.4 Å². The summed E-state index contributed by atoms with van der Waals surface area (Å²) in [5.74, 6) is 1.03. The number of anilines is 2. The summed E-state index contributed by atoms with van der Waals surface area (Å²) in [4.78, 5) is 27.7. The third-order valence-electron chi connectivity index (χ3n) is 6.15. The van der Waals surface area contributed by atoms with Crippen LogP contribution in [0, 0.1) is 0 Å². The fourth-order valence-corrected chi connectivity index (χ4v) is 4.45. The van der Waals surface area contributed by atoms with Gasteiger partial charge in [-0.2, -0.15) is 4.98 Å². The van der Waals surface area contributed by atoms with Crippen molar-refractivity contribution in [3.63, 3.8) is 0 Å². The van der Waals surface area contributed by atoms with Gasteiger partial charge in [0.2, 0.25) is 5.95 Å². The molecule has 1 unspecified atom stereocenters. The van der Waals surface area contributed by atoms with Crippen LogP contribution >= 0.6 is 0 Å². The molecule has 3 aromatic rings. The van der Waals surface area contributed by atoms with Crippen molar-refractivity contribution in [2.24, 2.45) is 0 Å². The molecule has 0 spiro atoms. The number of para-hydroxylation sites is 1. The highest BCUT2D eigenvalue weighted by Crippen LogP contribution is 2.29. The van der Waals surface area contributed by atoms with Gasteiger partial charge in [0, 0.05) is 31.1 Å². The molecule has 8 heteroatoms. The van der Waals surface area contributed by atoms with Crippen molar-refractivity contribution in [2.45, 2.75) is 37.8 Å². The second-order valence-corrected chi connectivity index (χ2v) is 8.86. The van der Waals surface area contributed by atoms with E-state index < -0.39 is 5.60 Å². The highest BCUT2D eigenvalue weighted by Gasteiger charge is 2.33. The van der Waals surface area contributed by atoms with Crippen LogP contribution in [0.2, 0.25) is 0 Å². The molecule has 2 fully saturated rings. The summed E-state index contributed by atoms with van der Waals surface area (Å²) < 4.78 is 0. The van der Waals surface area contributed by atoms with E-state index in [2.05, 4.69) is 15.6 Å². The normalized spacial score (nSPS) is 23.9. The molecule has 5 rings (SSSR count). The Hall–Kier alpha value is -2.97. The Morgan fingerprint density at radius 2 is 2.10 bits per heavy atom. The molecule has 2 aliphatic rings. The van der Waals surface area contributed by atoms with E-state index in [1.165, 1.54) is 0 Å². The number of benzene rings is 1. The number of aromatic amines is 1. The van der Waals surface area contributed by atoms with Crippen LogP contribution in [0.5, 0.6) is 0 Å². The number of nitrogens with zero attached hydrogens (tertiary/aromatic N) is 3. The van der Waals surface area contributed by atoms with E-state index in [-0.39, 0.29) is 11.6 Å². The third kappa shape index (κ3) is 4.13. The molecule has 2 aliphatic heterocycles. The maximum Gasteiger partial charge on any atom is 0.263 e. The van der Waals surface area contributed by atoms with Crippen molar-refractivity contribution >= 4 is 22.7 Å². The van der Waals surface area contributed by atoms with Gasteiger partial charge in [-0.3, -0.25) is 9.78 Å². The van der Waals surface area contributed by atoms with Crippen LogP contribution in [0.25, 0.3) is 22.2 Å². The Morgan fingerprint density at radius 3 is 2.87 bits per heavy atom. The number of pyridine rings is 1. The zero-order valence-electron chi connectivity index (χ0n) is 17.7. The van der Waals surface area contributed by atoms with Crippen LogP contribution in [-0.2, 0) is 0 Å². The highest BCUT2D eigenvalue weighted by atomic mass is 16.3. The van der Waals surface area contributed by atoms with E-state index in [1.807, 2.05) is 48.2 Å². The molecule has 4 heterocycles. The number of H-pyrrole nitrogens is 1. The summed E-state index contributed by atoms with van der Waals surface area (Å²) in [6, 6.07) is 11.9. The number of hydrogen-bond acceptors (Lipinski definition) is 7. The Kier molecular flexibility index (Phi) is 5.11. The highest BCUT2D eigenvalue weighted by molar-refractivity contribution is 5.83. The number of β-amino-alcohol motifs (C(OH)–C–C–N with tert-alkyl or cyclic N) is 1. The molecule has 0 radical (unpaired) electrons. The number of rotatable bonds is 4. The molecule has 2 saturated heterocycles. The summed E-state index contributed by atoms with van der Waals surface area (Å²) in [6.07, 6.45) is 2.73. The first kappa shape index (κ1) is 20.0. The molecule has 2 atom stereocenters. The summed E-state index contributed by atoms with van der Waals surface area (Å²) in [6.45, 7) is 4.73. The predicted molar refractivity (Wildman–Crippen MR) is 123 cm³/mol. The van der Waals surface area contributed by atoms with Gasteiger partial charge in [0.25, 0.3) is 5.56 Å². The van der Waals surface area contributed by atoms with Gasteiger partial charge < -0.3 is 20.6 Å². The smallest absolute Gasteiger partial charge is 0.263 e. The van der Waals surface area contributed by atoms with Gasteiger partial charge in [0.15, 0.2) is 0 Å². The summed E-state index contributed by atoms with van der Waals surface area (Å²) in [5.41, 5.74) is 0.873. The molecule has 2 aromatic heterocycles. The number of hydrogen-bond donors (Lipinski definition) is 4. The van der Waals surface area contributed by atoms with Crippen LogP contribution in [0.15, 0.2) is 41.2 Å². The standard InChI is InChI=1S/C23H28N6O2/c1-23(31)10-12-29(14-23)22-27-20(25-16-6-4-11-24-13-16)19(21(30)28-22)18-9-8-15-5-2-3-7-17(15)26-18/h2-3,5,7-9,16,24,31H,4,6,10-14H2,1H3,(H2,25,27,28,30)/t16-,23?/m1/s1. The zero-order chi connectivity index (χ0) is 21.4. The van der Waals surface area contributed by atoms with Crippen molar-refractivity contribution in [3.8, 4) is 11.3 Å². The second-order valence-electron chi connectivity index (χ2n) is 8.86. The second kappa shape index (κ2) is 7.94.